The molecule has 130 valence electrons. The van der Waals surface area contributed by atoms with Gasteiger partial charge in [0.15, 0.2) is 0 Å². The van der Waals surface area contributed by atoms with Gasteiger partial charge in [0.05, 0.1) is 0 Å². The largest absolute Gasteiger partial charge is 0.308 e. The number of amides is 1. The molecular weight excluding hydrogens is 343 g/mol. The quantitative estimate of drug-likeness (QED) is 0.833. The summed E-state index contributed by atoms with van der Waals surface area (Å²) in [5.74, 6) is -1.26. The fraction of sp³-hybridized carbons (Fsp3) is 0.167. The summed E-state index contributed by atoms with van der Waals surface area (Å²) in [6.45, 7) is 3.90. The van der Waals surface area contributed by atoms with Crippen molar-refractivity contribution in [3.05, 3.63) is 72.1 Å². The molecule has 0 spiro atoms. The molecular formula is C18H17FN2O3S. The van der Waals surface area contributed by atoms with Crippen LogP contribution in [0.4, 0.5) is 10.1 Å². The molecule has 0 radical (unpaired) electrons. The van der Waals surface area contributed by atoms with Crippen LogP contribution in [0.2, 0.25) is 0 Å². The van der Waals surface area contributed by atoms with Crippen molar-refractivity contribution in [2.45, 2.75) is 11.3 Å². The van der Waals surface area contributed by atoms with E-state index in [2.05, 4.69) is 11.3 Å². The lowest BCUT2D eigenvalue weighted by Gasteiger charge is -2.18. The summed E-state index contributed by atoms with van der Waals surface area (Å²) in [7, 11) is -4.06. The third-order valence-corrected chi connectivity index (χ3v) is 5.46. The molecule has 25 heavy (non-hydrogen) atoms. The van der Waals surface area contributed by atoms with Crippen LogP contribution in [0.1, 0.15) is 15.9 Å². The van der Waals surface area contributed by atoms with Crippen molar-refractivity contribution in [2.24, 2.45) is 0 Å². The number of sulfonamides is 1. The van der Waals surface area contributed by atoms with Crippen molar-refractivity contribution in [1.29, 1.82) is 0 Å². The Morgan fingerprint density at radius 3 is 2.80 bits per heavy atom. The van der Waals surface area contributed by atoms with Crippen LogP contribution >= 0.6 is 0 Å². The summed E-state index contributed by atoms with van der Waals surface area (Å²) >= 11 is 0. The summed E-state index contributed by atoms with van der Waals surface area (Å²) < 4.78 is 40.6. The van der Waals surface area contributed by atoms with Crippen molar-refractivity contribution in [1.82, 2.24) is 4.72 Å². The molecule has 1 N–H and O–H groups in total. The van der Waals surface area contributed by atoms with Gasteiger partial charge in [-0.2, -0.15) is 0 Å². The van der Waals surface area contributed by atoms with Crippen LogP contribution in [0.3, 0.4) is 0 Å². The molecule has 0 bridgehead atoms. The highest BCUT2D eigenvalue weighted by molar-refractivity contribution is 7.89. The lowest BCUT2D eigenvalue weighted by atomic mass is 10.1. The second-order valence-corrected chi connectivity index (χ2v) is 7.36. The molecule has 2 aromatic carbocycles. The highest BCUT2D eigenvalue weighted by Crippen LogP contribution is 2.29. The van der Waals surface area contributed by atoms with E-state index < -0.39 is 20.7 Å². The fourth-order valence-corrected chi connectivity index (χ4v) is 3.89. The summed E-state index contributed by atoms with van der Waals surface area (Å²) in [4.78, 5) is 13.8. The standard InChI is InChI=1S/C18H17FN2O3S/c1-2-10-20-25(23,24)17-12-14(7-8-15(17)19)18(22)21-11-9-13-5-3-4-6-16(13)21/h2-8,12,20H,1,9-11H2. The number of hydrogen-bond acceptors (Lipinski definition) is 3. The van der Waals surface area contributed by atoms with Gasteiger partial charge in [0, 0.05) is 24.3 Å². The molecule has 3 rings (SSSR count). The molecule has 1 aliphatic heterocycles. The maximum Gasteiger partial charge on any atom is 0.258 e. The van der Waals surface area contributed by atoms with Crippen LogP contribution in [0.25, 0.3) is 0 Å². The Hall–Kier alpha value is -2.51. The number of carbonyl (C=O) groups is 1. The molecule has 7 heteroatoms. The van der Waals surface area contributed by atoms with E-state index in [1.54, 1.807) is 4.90 Å². The van der Waals surface area contributed by atoms with E-state index in [9.17, 15) is 17.6 Å². The van der Waals surface area contributed by atoms with Crippen LogP contribution in [0, 0.1) is 5.82 Å². The SMILES string of the molecule is C=CCNS(=O)(=O)c1cc(C(=O)N2CCc3ccccc32)ccc1F. The summed E-state index contributed by atoms with van der Waals surface area (Å²) in [5, 5.41) is 0. The number of halogens is 1. The molecule has 5 nitrogen and oxygen atoms in total. The zero-order valence-corrected chi connectivity index (χ0v) is 14.2. The normalized spacial score (nSPS) is 13.6. The Kier molecular flexibility index (Phi) is 4.69. The smallest absolute Gasteiger partial charge is 0.258 e. The number of anilines is 1. The molecule has 0 unspecified atom stereocenters. The number of hydrogen-bond donors (Lipinski definition) is 1. The molecule has 0 saturated carbocycles. The zero-order chi connectivity index (χ0) is 18.0. The van der Waals surface area contributed by atoms with Crippen LogP contribution in [-0.4, -0.2) is 27.4 Å². The molecule has 1 heterocycles. The Balaban J connectivity index is 1.95. The van der Waals surface area contributed by atoms with Crippen LogP contribution in [0.5, 0.6) is 0 Å². The van der Waals surface area contributed by atoms with Gasteiger partial charge in [-0.25, -0.2) is 17.5 Å². The number of nitrogens with one attached hydrogen (secondary N) is 1. The van der Waals surface area contributed by atoms with Crippen LogP contribution in [-0.2, 0) is 16.4 Å². The highest BCUT2D eigenvalue weighted by Gasteiger charge is 2.27. The van der Waals surface area contributed by atoms with Crippen molar-refractivity contribution in [3.63, 3.8) is 0 Å². The highest BCUT2D eigenvalue weighted by atomic mass is 32.2. The number of nitrogens with zero attached hydrogens (tertiary/aromatic N) is 1. The first-order valence-electron chi connectivity index (χ1n) is 7.74. The third kappa shape index (κ3) is 3.33. The minimum Gasteiger partial charge on any atom is -0.308 e. The van der Waals surface area contributed by atoms with Crippen molar-refractivity contribution in [3.8, 4) is 0 Å². The second-order valence-electron chi connectivity index (χ2n) is 5.62. The van der Waals surface area contributed by atoms with Gasteiger partial charge >= 0.3 is 0 Å². The Labute approximate surface area is 145 Å². The van der Waals surface area contributed by atoms with Crippen molar-refractivity contribution in [2.75, 3.05) is 18.0 Å². The predicted molar refractivity (Wildman–Crippen MR) is 93.6 cm³/mol. The number of para-hydroxylation sites is 1. The first-order chi connectivity index (χ1) is 11.9. The van der Waals surface area contributed by atoms with Gasteiger partial charge in [-0.3, -0.25) is 4.79 Å². The van der Waals surface area contributed by atoms with Gasteiger partial charge in [0.25, 0.3) is 5.91 Å². The predicted octanol–water partition coefficient (Wildman–Crippen LogP) is 2.49. The van der Waals surface area contributed by atoms with E-state index in [1.807, 2.05) is 24.3 Å². The summed E-state index contributed by atoms with van der Waals surface area (Å²) in [5.41, 5.74) is 1.97. The Morgan fingerprint density at radius 1 is 1.28 bits per heavy atom. The molecule has 0 atom stereocenters. The molecule has 1 amide bonds. The second kappa shape index (κ2) is 6.78. The minimum atomic E-state index is -4.06. The molecule has 0 aliphatic carbocycles. The third-order valence-electron chi connectivity index (χ3n) is 4.02. The zero-order valence-electron chi connectivity index (χ0n) is 13.4. The van der Waals surface area contributed by atoms with E-state index in [4.69, 9.17) is 0 Å². The van der Waals surface area contributed by atoms with Gasteiger partial charge in [0.1, 0.15) is 10.7 Å². The Bertz CT molecular complexity index is 941. The molecule has 2 aromatic rings. The van der Waals surface area contributed by atoms with Gasteiger partial charge < -0.3 is 4.90 Å². The van der Waals surface area contributed by atoms with Crippen molar-refractivity contribution < 1.29 is 17.6 Å². The van der Waals surface area contributed by atoms with E-state index in [0.717, 1.165) is 29.8 Å². The number of rotatable bonds is 5. The minimum absolute atomic E-state index is 0.0283. The van der Waals surface area contributed by atoms with Gasteiger partial charge in [0.2, 0.25) is 10.0 Å². The van der Waals surface area contributed by atoms with Gasteiger partial charge in [-0.15, -0.1) is 6.58 Å². The molecule has 0 fully saturated rings. The van der Waals surface area contributed by atoms with Crippen LogP contribution < -0.4 is 9.62 Å². The maximum absolute atomic E-state index is 14.0. The average Bonchev–Trinajstić information content (AvgIpc) is 3.03. The van der Waals surface area contributed by atoms with Crippen LogP contribution in [0.15, 0.2) is 60.0 Å². The molecule has 1 aliphatic rings. The van der Waals surface area contributed by atoms with E-state index in [0.29, 0.717) is 6.54 Å². The number of fused-ring (bicyclic) bond motifs is 1. The first kappa shape index (κ1) is 17.3. The van der Waals surface area contributed by atoms with Gasteiger partial charge in [-0.1, -0.05) is 24.3 Å². The number of carbonyl (C=O) groups excluding carboxylic acids is 1. The molecule has 0 aromatic heterocycles. The maximum atomic E-state index is 14.0. The summed E-state index contributed by atoms with van der Waals surface area (Å²) in [6.07, 6.45) is 2.08. The Morgan fingerprint density at radius 2 is 2.04 bits per heavy atom. The number of benzene rings is 2. The fourth-order valence-electron chi connectivity index (χ4n) is 2.79. The molecule has 0 saturated heterocycles. The topological polar surface area (TPSA) is 66.5 Å². The van der Waals surface area contributed by atoms with E-state index in [-0.39, 0.29) is 18.0 Å². The summed E-state index contributed by atoms with van der Waals surface area (Å²) in [6, 6.07) is 10.9. The average molecular weight is 360 g/mol. The van der Waals surface area contributed by atoms with E-state index >= 15 is 0 Å². The monoisotopic (exact) mass is 360 g/mol. The van der Waals surface area contributed by atoms with E-state index in [1.165, 1.54) is 12.1 Å². The lowest BCUT2D eigenvalue weighted by molar-refractivity contribution is 0.0989. The first-order valence-corrected chi connectivity index (χ1v) is 9.22. The van der Waals surface area contributed by atoms with Crippen molar-refractivity contribution >= 4 is 21.6 Å². The lowest BCUT2D eigenvalue weighted by Crippen LogP contribution is -2.30. The van der Waals surface area contributed by atoms with Gasteiger partial charge in [-0.05, 0) is 36.2 Å².